The van der Waals surface area contributed by atoms with Crippen LogP contribution in [0.1, 0.15) is 6.85 Å². The lowest BCUT2D eigenvalue weighted by Gasteiger charge is -2.25. The van der Waals surface area contributed by atoms with Gasteiger partial charge in [0.2, 0.25) is 5.88 Å². The summed E-state index contributed by atoms with van der Waals surface area (Å²) in [4.78, 5) is 3.86. The molecule has 2 rings (SSSR count). The number of rotatable bonds is 2. The summed E-state index contributed by atoms with van der Waals surface area (Å²) in [6.45, 7) is -5.05. The maximum absolute atomic E-state index is 7.72. The van der Waals surface area contributed by atoms with Crippen molar-refractivity contribution in [1.82, 2.24) is 4.98 Å². The number of halogens is 1. The molecule has 0 aromatic carbocycles. The molecule has 12 heavy (non-hydrogen) atoms. The quantitative estimate of drug-likeness (QED) is 0.730. The van der Waals surface area contributed by atoms with Crippen LogP contribution in [0.4, 0.5) is 0 Å². The molecule has 0 aliphatic carbocycles. The third-order valence-corrected chi connectivity index (χ3v) is 1.63. The zero-order valence-electron chi connectivity index (χ0n) is 10.9. The fraction of sp³-hybridized carbons (Fsp3) is 0.375. The van der Waals surface area contributed by atoms with Crippen molar-refractivity contribution in [3.05, 3.63) is 22.8 Å². The highest BCUT2D eigenvalue weighted by Crippen LogP contribution is 2.15. The molecular weight excluding hydrogens is 222 g/mol. The van der Waals surface area contributed by atoms with E-state index in [2.05, 4.69) is 25.7 Å². The Labute approximate surface area is 85.9 Å². The molecule has 0 spiro atoms. The Bertz CT molecular complexity index is 441. The van der Waals surface area contributed by atoms with E-state index >= 15 is 0 Å². The van der Waals surface area contributed by atoms with Gasteiger partial charge in [0.15, 0.2) is 0 Å². The molecule has 64 valence electrons. The number of nitrogens with zero attached hydrogens (tertiary/aromatic N) is 1. The first-order valence-corrected chi connectivity index (χ1v) is 3.99. The summed E-state index contributed by atoms with van der Waals surface area (Å²) in [5, 5.41) is 0. The lowest BCUT2D eigenvalue weighted by atomic mass is 10.3. The van der Waals surface area contributed by atoms with Crippen LogP contribution in [0.3, 0.4) is 0 Å². The predicted octanol–water partition coefficient (Wildman–Crippen LogP) is 1.62. The van der Waals surface area contributed by atoms with E-state index in [0.29, 0.717) is 4.60 Å². The number of ether oxygens (including phenoxy) is 2. The van der Waals surface area contributed by atoms with Gasteiger partial charge in [-0.05, 0) is 22.0 Å². The predicted molar refractivity (Wildman–Crippen MR) is 47.2 cm³/mol. The molecule has 0 bridgehead atoms. The largest absolute Gasteiger partial charge is 0.469 e. The fourth-order valence-electron chi connectivity index (χ4n) is 0.685. The molecule has 0 unspecified atom stereocenters. The normalized spacial score (nSPS) is 34.2. The van der Waals surface area contributed by atoms with E-state index in [1.165, 1.54) is 6.07 Å². The van der Waals surface area contributed by atoms with Crippen LogP contribution < -0.4 is 4.74 Å². The van der Waals surface area contributed by atoms with Gasteiger partial charge in [-0.15, -0.1) is 0 Å². The van der Waals surface area contributed by atoms with E-state index in [1.54, 1.807) is 12.1 Å². The first-order valence-electron chi connectivity index (χ1n) is 5.70. The molecule has 1 fully saturated rings. The van der Waals surface area contributed by atoms with Crippen LogP contribution in [0.15, 0.2) is 22.8 Å². The van der Waals surface area contributed by atoms with E-state index in [9.17, 15) is 0 Å². The fourth-order valence-corrected chi connectivity index (χ4v) is 1.01. The van der Waals surface area contributed by atoms with Crippen molar-refractivity contribution in [2.45, 2.75) is 6.08 Å². The average molecular weight is 235 g/mol. The minimum absolute atomic E-state index is 0.0505. The van der Waals surface area contributed by atoms with Gasteiger partial charge in [-0.25, -0.2) is 4.98 Å². The summed E-state index contributed by atoms with van der Waals surface area (Å²) in [6.07, 6.45) is -2.48. The van der Waals surface area contributed by atoms with Gasteiger partial charge in [-0.2, -0.15) is 0 Å². The maximum Gasteiger partial charge on any atom is 0.214 e. The molecule has 3 nitrogen and oxygen atoms in total. The second-order valence-corrected chi connectivity index (χ2v) is 2.85. The Balaban J connectivity index is 2.28. The van der Waals surface area contributed by atoms with E-state index < -0.39 is 19.2 Å². The van der Waals surface area contributed by atoms with Gasteiger partial charge in [0.25, 0.3) is 0 Å². The molecule has 1 aromatic heterocycles. The topological polar surface area (TPSA) is 31.4 Å². The van der Waals surface area contributed by atoms with E-state index in [1.807, 2.05) is 0 Å². The molecule has 1 saturated heterocycles. The third kappa shape index (κ3) is 1.76. The van der Waals surface area contributed by atoms with Crippen LogP contribution in [0.25, 0.3) is 0 Å². The number of hydrogen-bond donors (Lipinski definition) is 0. The lowest BCUT2D eigenvalue weighted by Crippen LogP contribution is -2.38. The molecule has 0 atom stereocenters. The van der Waals surface area contributed by atoms with Crippen LogP contribution in [0.2, 0.25) is 0 Å². The highest BCUT2D eigenvalue weighted by Gasteiger charge is 2.20. The first kappa shape index (κ1) is 4.07. The van der Waals surface area contributed by atoms with E-state index in [4.69, 9.17) is 11.6 Å². The molecule has 4 heteroatoms. The van der Waals surface area contributed by atoms with Crippen LogP contribution in [-0.4, -0.2) is 24.2 Å². The number of pyridine rings is 1. The number of hydrogen-bond acceptors (Lipinski definition) is 3. The monoisotopic (exact) mass is 234 g/mol. The summed E-state index contributed by atoms with van der Waals surface area (Å²) in [6, 6.07) is 4.62. The molecular formula is C8H8BrNO2. The van der Waals surface area contributed by atoms with Crippen molar-refractivity contribution in [2.24, 2.45) is 0 Å². The summed E-state index contributed by atoms with van der Waals surface area (Å²) in [7, 11) is 0. The van der Waals surface area contributed by atoms with Crippen LogP contribution in [0, 0.1) is 0 Å². The molecule has 0 amide bonds. The zero-order chi connectivity index (χ0) is 12.9. The zero-order valence-corrected chi connectivity index (χ0v) is 7.46. The molecule has 2 heterocycles. The second-order valence-electron chi connectivity index (χ2n) is 2.04. The molecule has 1 aromatic rings. The highest BCUT2D eigenvalue weighted by molar-refractivity contribution is 9.10. The summed E-state index contributed by atoms with van der Waals surface area (Å²) >= 11 is 3.10. The van der Waals surface area contributed by atoms with Crippen molar-refractivity contribution in [3.8, 4) is 5.88 Å². The van der Waals surface area contributed by atoms with Crippen molar-refractivity contribution < 1.29 is 16.3 Å². The van der Waals surface area contributed by atoms with Gasteiger partial charge in [0.1, 0.15) is 10.7 Å². The Morgan fingerprint density at radius 2 is 2.58 bits per heavy atom. The standard InChI is InChI=1S/C8H8BrNO2/c9-7-2-1-3-8(10-7)12-6-4-11-5-6/h1-3,6H,4-5H2/i4D2,5D2,6D. The highest BCUT2D eigenvalue weighted by atomic mass is 79.9. The van der Waals surface area contributed by atoms with Crippen molar-refractivity contribution >= 4 is 15.9 Å². The van der Waals surface area contributed by atoms with Gasteiger partial charge in [0.05, 0.1) is 20.0 Å². The number of aromatic nitrogens is 1. The molecule has 1 aliphatic rings. The van der Waals surface area contributed by atoms with Crippen molar-refractivity contribution in [2.75, 3.05) is 13.1 Å². The summed E-state index contributed by atoms with van der Waals surface area (Å²) in [5.74, 6) is -0.0505. The molecule has 0 N–H and O–H groups in total. The van der Waals surface area contributed by atoms with Crippen LogP contribution in [0.5, 0.6) is 5.88 Å². The Hall–Kier alpha value is -0.610. The maximum atomic E-state index is 7.72. The van der Waals surface area contributed by atoms with Gasteiger partial charge in [-0.1, -0.05) is 6.07 Å². The smallest absolute Gasteiger partial charge is 0.214 e. The Kier molecular flexibility index (Phi) is 1.16. The van der Waals surface area contributed by atoms with Gasteiger partial charge < -0.3 is 9.47 Å². The summed E-state index contributed by atoms with van der Waals surface area (Å²) in [5.41, 5.74) is 0. The van der Waals surface area contributed by atoms with E-state index in [-0.39, 0.29) is 5.88 Å². The Morgan fingerprint density at radius 3 is 3.25 bits per heavy atom. The first-order chi connectivity index (χ1) is 7.68. The van der Waals surface area contributed by atoms with Gasteiger partial charge >= 0.3 is 0 Å². The van der Waals surface area contributed by atoms with Crippen molar-refractivity contribution in [3.63, 3.8) is 0 Å². The molecule has 0 radical (unpaired) electrons. The van der Waals surface area contributed by atoms with Crippen LogP contribution in [-0.2, 0) is 4.74 Å². The van der Waals surface area contributed by atoms with Gasteiger partial charge in [-0.3, -0.25) is 0 Å². The second kappa shape index (κ2) is 3.41. The lowest BCUT2D eigenvalue weighted by molar-refractivity contribution is -0.0813. The Morgan fingerprint density at radius 1 is 1.75 bits per heavy atom. The molecule has 0 saturated carbocycles. The molecule has 1 aliphatic heterocycles. The van der Waals surface area contributed by atoms with Crippen molar-refractivity contribution in [1.29, 1.82) is 0 Å². The SMILES string of the molecule is [2H]C1([2H])OC([2H])([2H])C1([2H])Oc1cccc(Br)n1. The average Bonchev–Trinajstić information content (AvgIpc) is 2.15. The minimum atomic E-state index is -2.53. The minimum Gasteiger partial charge on any atom is -0.469 e. The van der Waals surface area contributed by atoms with Gasteiger partial charge in [0, 0.05) is 6.07 Å². The third-order valence-electron chi connectivity index (χ3n) is 1.18. The van der Waals surface area contributed by atoms with Crippen LogP contribution >= 0.6 is 15.9 Å². The van der Waals surface area contributed by atoms with E-state index in [0.717, 1.165) is 0 Å². The summed E-state index contributed by atoms with van der Waals surface area (Å²) < 4.78 is 46.8.